The molecule has 2 heterocycles. The Kier molecular flexibility index (Phi) is 6.04. The summed E-state index contributed by atoms with van der Waals surface area (Å²) >= 11 is 0. The number of rotatable bonds is 3. The van der Waals surface area contributed by atoms with Gasteiger partial charge in [0.05, 0.1) is 19.9 Å². The first-order valence-electron chi connectivity index (χ1n) is 7.61. The molecule has 0 saturated heterocycles. The molecule has 0 saturated carbocycles. The van der Waals surface area contributed by atoms with Gasteiger partial charge in [0.25, 0.3) is 0 Å². The molecule has 1 amide bonds. The number of ether oxygens (including phenoxy) is 2. The van der Waals surface area contributed by atoms with Crippen LogP contribution in [0.25, 0.3) is 0 Å². The number of hydrogen-bond donors (Lipinski definition) is 0. The predicted molar refractivity (Wildman–Crippen MR) is 86.8 cm³/mol. The van der Waals surface area contributed by atoms with Crippen molar-refractivity contribution in [2.24, 2.45) is 7.05 Å². The maximum Gasteiger partial charge on any atom is 0.414 e. The first-order chi connectivity index (χ1) is 11.1. The van der Waals surface area contributed by atoms with E-state index < -0.39 is 0 Å². The van der Waals surface area contributed by atoms with Gasteiger partial charge in [0.1, 0.15) is 7.05 Å². The zero-order valence-electron chi connectivity index (χ0n) is 14.0. The number of pyridine rings is 1. The van der Waals surface area contributed by atoms with Gasteiger partial charge in [0.15, 0.2) is 11.4 Å². The third-order valence-corrected chi connectivity index (χ3v) is 4.37. The van der Waals surface area contributed by atoms with E-state index in [4.69, 9.17) is 9.47 Å². The number of anilines is 1. The van der Waals surface area contributed by atoms with Crippen LogP contribution in [0, 0.1) is 0 Å². The molecule has 1 unspecified atom stereocenters. The highest BCUT2D eigenvalue weighted by atomic mass is 127. The van der Waals surface area contributed by atoms with Gasteiger partial charge in [-0.05, 0) is 17.7 Å². The highest BCUT2D eigenvalue weighted by molar-refractivity contribution is 5.90. The second kappa shape index (κ2) is 7.83. The number of aryl methyl sites for hydroxylation is 1. The zero-order chi connectivity index (χ0) is 16.4. The molecule has 2 aromatic rings. The van der Waals surface area contributed by atoms with Crippen LogP contribution in [0.5, 0.6) is 5.75 Å². The largest absolute Gasteiger partial charge is 1.00 e. The standard InChI is InChI=1S/C18H21N2O3.HI/c1-19-12-15(22-2)9-8-14(19)10-13-11-20(18(21)23-3)17-7-5-4-6-16(13)17;/h4-9,12-13H,10-11H2,1-3H3;1H/q+1;/p-1. The number of hydrogen-bond acceptors (Lipinski definition) is 3. The molecule has 1 atom stereocenters. The smallest absolute Gasteiger partial charge is 0.414 e. The van der Waals surface area contributed by atoms with Crippen LogP contribution in [0.3, 0.4) is 0 Å². The number of nitrogens with zero attached hydrogens (tertiary/aromatic N) is 2. The molecule has 0 fully saturated rings. The Bertz CT molecular complexity index is 736. The van der Waals surface area contributed by atoms with Crippen molar-refractivity contribution in [1.82, 2.24) is 0 Å². The minimum Gasteiger partial charge on any atom is -1.00 e. The van der Waals surface area contributed by atoms with E-state index in [2.05, 4.69) is 16.7 Å². The molecule has 0 aliphatic carbocycles. The van der Waals surface area contributed by atoms with Gasteiger partial charge in [-0.2, -0.15) is 0 Å². The molecule has 1 aromatic carbocycles. The van der Waals surface area contributed by atoms with Gasteiger partial charge in [-0.25, -0.2) is 9.36 Å². The lowest BCUT2D eigenvalue weighted by molar-refractivity contribution is -0.679. The molecule has 0 N–H and O–H groups in total. The van der Waals surface area contributed by atoms with E-state index in [1.807, 2.05) is 37.5 Å². The van der Waals surface area contributed by atoms with E-state index in [1.165, 1.54) is 18.4 Å². The first kappa shape index (κ1) is 18.5. The van der Waals surface area contributed by atoms with Gasteiger partial charge in [-0.15, -0.1) is 0 Å². The monoisotopic (exact) mass is 440 g/mol. The number of benzene rings is 1. The lowest BCUT2D eigenvalue weighted by atomic mass is 9.96. The van der Waals surface area contributed by atoms with Crippen molar-refractivity contribution in [2.45, 2.75) is 12.3 Å². The quantitative estimate of drug-likeness (QED) is 0.475. The maximum absolute atomic E-state index is 12.0. The van der Waals surface area contributed by atoms with E-state index in [9.17, 15) is 4.79 Å². The van der Waals surface area contributed by atoms with Gasteiger partial charge in [0, 0.05) is 24.9 Å². The SMILES string of the molecule is COC(=O)N1CC(Cc2ccc(OC)c[n+]2C)c2ccccc21.[I-]. The van der Waals surface area contributed by atoms with Crippen molar-refractivity contribution in [2.75, 3.05) is 25.7 Å². The molecule has 1 aromatic heterocycles. The third-order valence-electron chi connectivity index (χ3n) is 4.37. The number of amides is 1. The van der Waals surface area contributed by atoms with Crippen LogP contribution in [0.4, 0.5) is 10.5 Å². The summed E-state index contributed by atoms with van der Waals surface area (Å²) in [7, 11) is 5.09. The average Bonchev–Trinajstić information content (AvgIpc) is 2.95. The predicted octanol–water partition coefficient (Wildman–Crippen LogP) is -0.564. The van der Waals surface area contributed by atoms with Crippen molar-refractivity contribution in [1.29, 1.82) is 0 Å². The molecule has 0 radical (unpaired) electrons. The summed E-state index contributed by atoms with van der Waals surface area (Å²) in [6, 6.07) is 12.1. The number of para-hydroxylation sites is 1. The van der Waals surface area contributed by atoms with Crippen molar-refractivity contribution < 1.29 is 42.8 Å². The minimum absolute atomic E-state index is 0. The lowest BCUT2D eigenvalue weighted by Crippen LogP contribution is -3.00. The fraction of sp³-hybridized carbons (Fsp3) is 0.333. The molecule has 128 valence electrons. The molecule has 3 rings (SSSR count). The Morgan fingerprint density at radius 3 is 2.67 bits per heavy atom. The van der Waals surface area contributed by atoms with E-state index in [-0.39, 0.29) is 36.0 Å². The second-order valence-corrected chi connectivity index (χ2v) is 5.71. The van der Waals surface area contributed by atoms with Crippen LogP contribution in [0.2, 0.25) is 0 Å². The first-order valence-corrected chi connectivity index (χ1v) is 7.61. The van der Waals surface area contributed by atoms with Crippen LogP contribution in [-0.2, 0) is 18.2 Å². The van der Waals surface area contributed by atoms with Gasteiger partial charge in [-0.1, -0.05) is 18.2 Å². The Balaban J connectivity index is 0.00000208. The number of aromatic nitrogens is 1. The Labute approximate surface area is 159 Å². The van der Waals surface area contributed by atoms with Crippen molar-refractivity contribution >= 4 is 11.8 Å². The molecule has 5 nitrogen and oxygen atoms in total. The molecular formula is C18H21IN2O3. The van der Waals surface area contributed by atoms with Crippen LogP contribution in [-0.4, -0.2) is 26.9 Å². The van der Waals surface area contributed by atoms with Crippen LogP contribution < -0.4 is 38.2 Å². The fourth-order valence-corrected chi connectivity index (χ4v) is 3.15. The second-order valence-electron chi connectivity index (χ2n) is 5.71. The lowest BCUT2D eigenvalue weighted by Gasteiger charge is -2.15. The van der Waals surface area contributed by atoms with Gasteiger partial charge in [-0.3, -0.25) is 4.90 Å². The number of methoxy groups -OCH3 is 2. The summed E-state index contributed by atoms with van der Waals surface area (Å²) in [6.07, 6.45) is 2.51. The molecular weight excluding hydrogens is 419 g/mol. The fourth-order valence-electron chi connectivity index (χ4n) is 3.15. The summed E-state index contributed by atoms with van der Waals surface area (Å²) in [4.78, 5) is 13.7. The van der Waals surface area contributed by atoms with Crippen LogP contribution >= 0.6 is 0 Å². The van der Waals surface area contributed by atoms with E-state index in [0.29, 0.717) is 6.54 Å². The summed E-state index contributed by atoms with van der Waals surface area (Å²) in [5, 5.41) is 0. The Hall–Kier alpha value is -1.83. The maximum atomic E-state index is 12.0. The molecule has 6 heteroatoms. The average molecular weight is 440 g/mol. The third kappa shape index (κ3) is 3.48. The van der Waals surface area contributed by atoms with E-state index in [1.54, 1.807) is 12.0 Å². The normalized spacial score (nSPS) is 15.5. The summed E-state index contributed by atoms with van der Waals surface area (Å²) in [5.74, 6) is 1.09. The molecule has 0 spiro atoms. The van der Waals surface area contributed by atoms with Gasteiger partial charge < -0.3 is 33.5 Å². The topological polar surface area (TPSA) is 42.6 Å². The van der Waals surface area contributed by atoms with Crippen LogP contribution in [0.15, 0.2) is 42.6 Å². The van der Waals surface area contributed by atoms with Crippen LogP contribution in [0.1, 0.15) is 17.2 Å². The molecule has 1 aliphatic heterocycles. The summed E-state index contributed by atoms with van der Waals surface area (Å²) in [6.45, 7) is 0.637. The van der Waals surface area contributed by atoms with E-state index >= 15 is 0 Å². The number of carbonyl (C=O) groups excluding carboxylic acids is 1. The molecule has 24 heavy (non-hydrogen) atoms. The van der Waals surface area contributed by atoms with Gasteiger partial charge in [0.2, 0.25) is 6.20 Å². The summed E-state index contributed by atoms with van der Waals surface area (Å²) in [5.41, 5.74) is 3.33. The molecule has 0 bridgehead atoms. The highest BCUT2D eigenvalue weighted by Crippen LogP contribution is 2.37. The Morgan fingerprint density at radius 1 is 1.25 bits per heavy atom. The zero-order valence-corrected chi connectivity index (χ0v) is 16.2. The number of halogens is 1. The van der Waals surface area contributed by atoms with E-state index in [0.717, 1.165) is 17.9 Å². The summed E-state index contributed by atoms with van der Waals surface area (Å²) < 4.78 is 12.2. The minimum atomic E-state index is -0.306. The number of fused-ring (bicyclic) bond motifs is 1. The Morgan fingerprint density at radius 2 is 2.00 bits per heavy atom. The highest BCUT2D eigenvalue weighted by Gasteiger charge is 2.34. The van der Waals surface area contributed by atoms with Crippen molar-refractivity contribution in [3.63, 3.8) is 0 Å². The number of carbonyl (C=O) groups is 1. The van der Waals surface area contributed by atoms with Crippen molar-refractivity contribution in [3.8, 4) is 5.75 Å². The van der Waals surface area contributed by atoms with Crippen molar-refractivity contribution in [3.05, 3.63) is 53.9 Å². The van der Waals surface area contributed by atoms with Gasteiger partial charge >= 0.3 is 6.09 Å². The molecule has 1 aliphatic rings.